The molecule has 0 amide bonds. The molecule has 4 rings (SSSR count). The van der Waals surface area contributed by atoms with Crippen molar-refractivity contribution in [3.8, 4) is 0 Å². The number of nitrogens with zero attached hydrogens (tertiary/aromatic N) is 2. The number of nitrogens with one attached hydrogen (secondary N) is 1. The van der Waals surface area contributed by atoms with Crippen LogP contribution < -0.4 is 9.62 Å². The molecule has 6 nitrogen and oxygen atoms in total. The summed E-state index contributed by atoms with van der Waals surface area (Å²) in [5.74, 6) is -1.68. The smallest absolute Gasteiger partial charge is 0.298 e. The highest BCUT2D eigenvalue weighted by molar-refractivity contribution is 7.89. The summed E-state index contributed by atoms with van der Waals surface area (Å²) in [6.07, 6.45) is 1.46. The number of hydrogen-bond acceptors (Lipinski definition) is 5. The second-order valence-electron chi connectivity index (χ2n) is 6.82. The van der Waals surface area contributed by atoms with E-state index in [1.165, 1.54) is 0 Å². The lowest BCUT2D eigenvalue weighted by Crippen LogP contribution is -2.39. The standard InChI is InChI=1S/C19H19F2N3O3S/c20-14-5-6-15(21)18(11-14)28(25,26)22-12-13-7-9-24(10-8-13)19-23-16-3-1-2-4-17(16)27-19/h1-6,11,13,22H,7-10,12H2. The monoisotopic (exact) mass is 407 g/mol. The Morgan fingerprint density at radius 1 is 1.14 bits per heavy atom. The highest BCUT2D eigenvalue weighted by Crippen LogP contribution is 2.26. The normalized spacial score (nSPS) is 16.0. The maximum atomic E-state index is 13.7. The molecule has 148 valence electrons. The van der Waals surface area contributed by atoms with Gasteiger partial charge in [-0.25, -0.2) is 21.9 Å². The molecule has 3 aromatic rings. The van der Waals surface area contributed by atoms with Crippen LogP contribution in [-0.2, 0) is 10.0 Å². The van der Waals surface area contributed by atoms with Crippen LogP contribution in [0.15, 0.2) is 51.8 Å². The van der Waals surface area contributed by atoms with E-state index in [-0.39, 0.29) is 12.5 Å². The van der Waals surface area contributed by atoms with Crippen LogP contribution in [0.25, 0.3) is 11.1 Å². The van der Waals surface area contributed by atoms with Gasteiger partial charge in [0.05, 0.1) is 0 Å². The minimum atomic E-state index is -4.11. The summed E-state index contributed by atoms with van der Waals surface area (Å²) >= 11 is 0. The van der Waals surface area contributed by atoms with Crippen molar-refractivity contribution in [2.24, 2.45) is 5.92 Å². The number of para-hydroxylation sites is 2. The van der Waals surface area contributed by atoms with E-state index in [4.69, 9.17) is 4.42 Å². The molecule has 1 aliphatic heterocycles. The topological polar surface area (TPSA) is 75.4 Å². The number of hydrogen-bond donors (Lipinski definition) is 1. The number of aromatic nitrogens is 1. The van der Waals surface area contributed by atoms with Gasteiger partial charge in [0.25, 0.3) is 6.01 Å². The van der Waals surface area contributed by atoms with Gasteiger partial charge >= 0.3 is 0 Å². The molecule has 0 unspecified atom stereocenters. The first-order valence-corrected chi connectivity index (χ1v) is 10.5. The predicted molar refractivity (Wildman–Crippen MR) is 100 cm³/mol. The predicted octanol–water partition coefficient (Wildman–Crippen LogP) is 3.30. The molecule has 0 aliphatic carbocycles. The van der Waals surface area contributed by atoms with Gasteiger partial charge in [0, 0.05) is 19.6 Å². The molecule has 1 fully saturated rings. The van der Waals surface area contributed by atoms with Gasteiger partial charge in [-0.1, -0.05) is 12.1 Å². The molecule has 0 atom stereocenters. The molecular formula is C19H19F2N3O3S. The Kier molecular flexibility index (Phi) is 5.03. The van der Waals surface area contributed by atoms with Crippen LogP contribution in [0.5, 0.6) is 0 Å². The Hall–Kier alpha value is -2.52. The van der Waals surface area contributed by atoms with Crippen molar-refractivity contribution < 1.29 is 21.6 Å². The lowest BCUT2D eigenvalue weighted by molar-refractivity contribution is 0.387. The van der Waals surface area contributed by atoms with Gasteiger partial charge in [-0.2, -0.15) is 4.98 Å². The summed E-state index contributed by atoms with van der Waals surface area (Å²) in [4.78, 5) is 5.83. The molecular weight excluding hydrogens is 388 g/mol. The second-order valence-corrected chi connectivity index (χ2v) is 8.56. The first kappa shape index (κ1) is 18.8. The fourth-order valence-corrected chi connectivity index (χ4v) is 4.52. The van der Waals surface area contributed by atoms with Crippen molar-refractivity contribution in [2.75, 3.05) is 24.5 Å². The van der Waals surface area contributed by atoms with Crippen LogP contribution >= 0.6 is 0 Å². The minimum absolute atomic E-state index is 0.0898. The SMILES string of the molecule is O=S(=O)(NCC1CCN(c2nc3ccccc3o2)CC1)c1cc(F)ccc1F. The Morgan fingerprint density at radius 3 is 2.64 bits per heavy atom. The van der Waals surface area contributed by atoms with E-state index in [1.54, 1.807) is 0 Å². The third-order valence-electron chi connectivity index (χ3n) is 4.91. The van der Waals surface area contributed by atoms with E-state index in [0.717, 1.165) is 36.1 Å². The Balaban J connectivity index is 1.36. The molecule has 0 saturated carbocycles. The summed E-state index contributed by atoms with van der Waals surface area (Å²) in [6.45, 7) is 1.51. The van der Waals surface area contributed by atoms with Crippen LogP contribution in [-0.4, -0.2) is 33.0 Å². The quantitative estimate of drug-likeness (QED) is 0.702. The fourth-order valence-electron chi connectivity index (χ4n) is 3.31. The number of benzene rings is 2. The average molecular weight is 407 g/mol. The molecule has 2 heterocycles. The summed E-state index contributed by atoms with van der Waals surface area (Å²) in [5, 5.41) is 0. The molecule has 9 heteroatoms. The second kappa shape index (κ2) is 7.48. The van der Waals surface area contributed by atoms with Gasteiger partial charge in [-0.15, -0.1) is 0 Å². The first-order chi connectivity index (χ1) is 13.4. The summed E-state index contributed by atoms with van der Waals surface area (Å²) in [5.41, 5.74) is 1.52. The van der Waals surface area contributed by atoms with E-state index in [1.807, 2.05) is 29.2 Å². The highest BCUT2D eigenvalue weighted by atomic mass is 32.2. The van der Waals surface area contributed by atoms with Crippen molar-refractivity contribution in [3.63, 3.8) is 0 Å². The minimum Gasteiger partial charge on any atom is -0.423 e. The van der Waals surface area contributed by atoms with Crippen molar-refractivity contribution >= 4 is 27.1 Å². The molecule has 0 radical (unpaired) electrons. The Labute approximate surface area is 161 Å². The number of piperidine rings is 1. The van der Waals surface area contributed by atoms with Crippen molar-refractivity contribution in [3.05, 3.63) is 54.1 Å². The number of rotatable bonds is 5. The van der Waals surface area contributed by atoms with Gasteiger partial charge in [-0.05, 0) is 49.1 Å². The van der Waals surface area contributed by atoms with Crippen LogP contribution in [0.2, 0.25) is 0 Å². The molecule has 28 heavy (non-hydrogen) atoms. The highest BCUT2D eigenvalue weighted by Gasteiger charge is 2.25. The third kappa shape index (κ3) is 3.85. The van der Waals surface area contributed by atoms with Crippen LogP contribution in [0, 0.1) is 17.6 Å². The molecule has 1 saturated heterocycles. The third-order valence-corrected chi connectivity index (χ3v) is 6.35. The number of oxazole rings is 1. The average Bonchev–Trinajstić information content (AvgIpc) is 3.13. The maximum absolute atomic E-state index is 13.7. The lowest BCUT2D eigenvalue weighted by Gasteiger charge is -2.30. The first-order valence-electron chi connectivity index (χ1n) is 8.97. The summed E-state index contributed by atoms with van der Waals surface area (Å²) in [7, 11) is -4.11. The van der Waals surface area contributed by atoms with Gasteiger partial charge in [-0.3, -0.25) is 0 Å². The number of halogens is 2. The zero-order chi connectivity index (χ0) is 19.7. The molecule has 0 spiro atoms. The fraction of sp³-hybridized carbons (Fsp3) is 0.316. The molecule has 1 aromatic heterocycles. The van der Waals surface area contributed by atoms with Gasteiger partial charge in [0.1, 0.15) is 22.0 Å². The summed E-state index contributed by atoms with van der Waals surface area (Å²) < 4.78 is 59.7. The molecule has 0 bridgehead atoms. The maximum Gasteiger partial charge on any atom is 0.298 e. The van der Waals surface area contributed by atoms with Crippen molar-refractivity contribution in [2.45, 2.75) is 17.7 Å². The van der Waals surface area contributed by atoms with Gasteiger partial charge < -0.3 is 9.32 Å². The zero-order valence-corrected chi connectivity index (χ0v) is 15.8. The van der Waals surface area contributed by atoms with E-state index < -0.39 is 26.6 Å². The van der Waals surface area contributed by atoms with Crippen LogP contribution in [0.1, 0.15) is 12.8 Å². The van der Waals surface area contributed by atoms with Crippen LogP contribution in [0.3, 0.4) is 0 Å². The number of fused-ring (bicyclic) bond motifs is 1. The number of anilines is 1. The molecule has 2 aromatic carbocycles. The van der Waals surface area contributed by atoms with E-state index in [9.17, 15) is 17.2 Å². The van der Waals surface area contributed by atoms with Gasteiger partial charge in [0.2, 0.25) is 10.0 Å². The van der Waals surface area contributed by atoms with Crippen molar-refractivity contribution in [1.29, 1.82) is 0 Å². The van der Waals surface area contributed by atoms with E-state index >= 15 is 0 Å². The Bertz CT molecular complexity index is 1060. The van der Waals surface area contributed by atoms with E-state index in [0.29, 0.717) is 25.2 Å². The van der Waals surface area contributed by atoms with E-state index in [2.05, 4.69) is 9.71 Å². The lowest BCUT2D eigenvalue weighted by atomic mass is 9.97. The molecule has 1 aliphatic rings. The van der Waals surface area contributed by atoms with Gasteiger partial charge in [0.15, 0.2) is 5.58 Å². The zero-order valence-electron chi connectivity index (χ0n) is 14.9. The largest absolute Gasteiger partial charge is 0.423 e. The van der Waals surface area contributed by atoms with Crippen molar-refractivity contribution in [1.82, 2.24) is 9.71 Å². The molecule has 1 N–H and O–H groups in total. The Morgan fingerprint density at radius 2 is 1.89 bits per heavy atom. The van der Waals surface area contributed by atoms with Crippen LogP contribution in [0.4, 0.5) is 14.8 Å². The summed E-state index contributed by atoms with van der Waals surface area (Å²) in [6, 6.07) is 10.5. The number of sulfonamides is 1.